The quantitative estimate of drug-likeness (QED) is 0.899. The summed E-state index contributed by atoms with van der Waals surface area (Å²) >= 11 is 0. The minimum Gasteiger partial charge on any atom is -0.483 e. The van der Waals surface area contributed by atoms with Crippen molar-refractivity contribution in [3.05, 3.63) is 64.2 Å². The summed E-state index contributed by atoms with van der Waals surface area (Å²) in [5.41, 5.74) is 5.69. The summed E-state index contributed by atoms with van der Waals surface area (Å²) in [6, 6.07) is 12.2. The molecular weight excluding hydrogens is 286 g/mol. The molecule has 3 heteroatoms. The monoisotopic (exact) mass is 311 g/mol. The molecule has 0 aliphatic heterocycles. The molecule has 0 aromatic heterocycles. The van der Waals surface area contributed by atoms with Crippen molar-refractivity contribution < 1.29 is 9.53 Å². The molecule has 122 valence electrons. The van der Waals surface area contributed by atoms with Gasteiger partial charge in [-0.2, -0.15) is 0 Å². The minimum absolute atomic E-state index is 0.0277. The van der Waals surface area contributed by atoms with Crippen LogP contribution in [-0.2, 0) is 4.79 Å². The third-order valence-corrected chi connectivity index (χ3v) is 4.08. The fourth-order valence-electron chi connectivity index (χ4n) is 2.52. The Morgan fingerprint density at radius 2 is 1.70 bits per heavy atom. The first-order valence-corrected chi connectivity index (χ1v) is 7.93. The molecule has 0 bridgehead atoms. The largest absolute Gasteiger partial charge is 0.483 e. The maximum absolute atomic E-state index is 12.1. The SMILES string of the molecule is Cc1ccc([C@H](C)NC(=O)COc2cc(C)cc(C)c2C)cc1. The van der Waals surface area contributed by atoms with Crippen molar-refractivity contribution in [3.63, 3.8) is 0 Å². The van der Waals surface area contributed by atoms with E-state index in [9.17, 15) is 4.79 Å². The lowest BCUT2D eigenvalue weighted by Crippen LogP contribution is -2.31. The van der Waals surface area contributed by atoms with E-state index in [-0.39, 0.29) is 18.6 Å². The molecule has 1 amide bonds. The average molecular weight is 311 g/mol. The molecule has 0 saturated heterocycles. The van der Waals surface area contributed by atoms with Gasteiger partial charge in [0.25, 0.3) is 5.91 Å². The maximum Gasteiger partial charge on any atom is 0.258 e. The van der Waals surface area contributed by atoms with Crippen LogP contribution in [0.1, 0.15) is 40.8 Å². The van der Waals surface area contributed by atoms with Crippen LogP contribution in [0.3, 0.4) is 0 Å². The molecule has 1 atom stereocenters. The lowest BCUT2D eigenvalue weighted by Gasteiger charge is -2.16. The van der Waals surface area contributed by atoms with Gasteiger partial charge in [0.1, 0.15) is 5.75 Å². The van der Waals surface area contributed by atoms with Gasteiger partial charge >= 0.3 is 0 Å². The summed E-state index contributed by atoms with van der Waals surface area (Å²) in [6.45, 7) is 10.1. The summed E-state index contributed by atoms with van der Waals surface area (Å²) in [5.74, 6) is 0.664. The number of hydrogen-bond acceptors (Lipinski definition) is 2. The topological polar surface area (TPSA) is 38.3 Å². The Kier molecular flexibility index (Phi) is 5.43. The maximum atomic E-state index is 12.1. The number of carbonyl (C=O) groups excluding carboxylic acids is 1. The van der Waals surface area contributed by atoms with E-state index >= 15 is 0 Å². The zero-order chi connectivity index (χ0) is 17.0. The van der Waals surface area contributed by atoms with Crippen LogP contribution in [0, 0.1) is 27.7 Å². The molecule has 0 saturated carbocycles. The second-order valence-electron chi connectivity index (χ2n) is 6.19. The number of aryl methyl sites for hydroxylation is 3. The van der Waals surface area contributed by atoms with E-state index in [1.807, 2.05) is 58.0 Å². The van der Waals surface area contributed by atoms with Crippen LogP contribution < -0.4 is 10.1 Å². The van der Waals surface area contributed by atoms with E-state index in [1.54, 1.807) is 0 Å². The highest BCUT2D eigenvalue weighted by Gasteiger charge is 2.11. The van der Waals surface area contributed by atoms with Crippen LogP contribution in [-0.4, -0.2) is 12.5 Å². The molecule has 2 aromatic rings. The number of ether oxygens (including phenoxy) is 1. The highest BCUT2D eigenvalue weighted by atomic mass is 16.5. The third kappa shape index (κ3) is 4.59. The lowest BCUT2D eigenvalue weighted by molar-refractivity contribution is -0.123. The van der Waals surface area contributed by atoms with Crippen LogP contribution in [0.2, 0.25) is 0 Å². The Morgan fingerprint density at radius 1 is 1.04 bits per heavy atom. The smallest absolute Gasteiger partial charge is 0.258 e. The zero-order valence-electron chi connectivity index (χ0n) is 14.6. The first kappa shape index (κ1) is 17.1. The minimum atomic E-state index is -0.114. The van der Waals surface area contributed by atoms with Crippen molar-refractivity contribution in [3.8, 4) is 5.75 Å². The van der Waals surface area contributed by atoms with Crippen LogP contribution in [0.15, 0.2) is 36.4 Å². The van der Waals surface area contributed by atoms with Crippen LogP contribution in [0.5, 0.6) is 5.75 Å². The van der Waals surface area contributed by atoms with Crippen molar-refractivity contribution in [1.82, 2.24) is 5.32 Å². The molecule has 0 spiro atoms. The molecule has 0 heterocycles. The van der Waals surface area contributed by atoms with Crippen molar-refractivity contribution in [1.29, 1.82) is 0 Å². The Balaban J connectivity index is 1.94. The normalized spacial score (nSPS) is 11.9. The molecule has 0 unspecified atom stereocenters. The summed E-state index contributed by atoms with van der Waals surface area (Å²) < 4.78 is 5.70. The van der Waals surface area contributed by atoms with Gasteiger partial charge in [0.2, 0.25) is 0 Å². The van der Waals surface area contributed by atoms with Crippen molar-refractivity contribution >= 4 is 5.91 Å². The Labute approximate surface area is 138 Å². The van der Waals surface area contributed by atoms with Gasteiger partial charge in [-0.1, -0.05) is 35.9 Å². The molecule has 2 aromatic carbocycles. The third-order valence-electron chi connectivity index (χ3n) is 4.08. The molecule has 2 rings (SSSR count). The van der Waals surface area contributed by atoms with Gasteiger partial charge in [0.05, 0.1) is 6.04 Å². The number of hydrogen-bond donors (Lipinski definition) is 1. The van der Waals surface area contributed by atoms with E-state index in [2.05, 4.69) is 18.3 Å². The number of rotatable bonds is 5. The Hall–Kier alpha value is -2.29. The fraction of sp³-hybridized carbons (Fsp3) is 0.350. The predicted octanol–water partition coefficient (Wildman–Crippen LogP) is 4.18. The first-order chi connectivity index (χ1) is 10.9. The van der Waals surface area contributed by atoms with Gasteiger partial charge in [-0.15, -0.1) is 0 Å². The summed E-state index contributed by atoms with van der Waals surface area (Å²) in [5, 5.41) is 2.97. The average Bonchev–Trinajstić information content (AvgIpc) is 2.50. The number of benzene rings is 2. The van der Waals surface area contributed by atoms with E-state index in [1.165, 1.54) is 11.1 Å². The highest BCUT2D eigenvalue weighted by molar-refractivity contribution is 5.78. The standard InChI is InChI=1S/C20H25NO2/c1-13-6-8-18(9-7-13)17(5)21-20(22)12-23-19-11-14(2)10-15(3)16(19)4/h6-11,17H,12H2,1-5H3,(H,21,22)/t17-/m0/s1. The van der Waals surface area contributed by atoms with Crippen LogP contribution in [0.4, 0.5) is 0 Å². The second kappa shape index (κ2) is 7.32. The summed E-state index contributed by atoms with van der Waals surface area (Å²) in [4.78, 5) is 12.1. The van der Waals surface area contributed by atoms with Crippen molar-refractivity contribution in [2.24, 2.45) is 0 Å². The molecule has 0 radical (unpaired) electrons. The Bertz CT molecular complexity index is 690. The lowest BCUT2D eigenvalue weighted by atomic mass is 10.1. The summed E-state index contributed by atoms with van der Waals surface area (Å²) in [7, 11) is 0. The van der Waals surface area contributed by atoms with Gasteiger partial charge in [0.15, 0.2) is 6.61 Å². The molecule has 3 nitrogen and oxygen atoms in total. The molecule has 23 heavy (non-hydrogen) atoms. The van der Waals surface area contributed by atoms with Gasteiger partial charge in [-0.05, 0) is 62.9 Å². The first-order valence-electron chi connectivity index (χ1n) is 7.93. The van der Waals surface area contributed by atoms with Crippen LogP contribution >= 0.6 is 0 Å². The number of amides is 1. The predicted molar refractivity (Wildman–Crippen MR) is 93.9 cm³/mol. The molecule has 0 aliphatic carbocycles. The van der Waals surface area contributed by atoms with Crippen LogP contribution in [0.25, 0.3) is 0 Å². The summed E-state index contributed by atoms with van der Waals surface area (Å²) in [6.07, 6.45) is 0. The molecule has 1 N–H and O–H groups in total. The van der Waals surface area contributed by atoms with E-state index in [4.69, 9.17) is 4.74 Å². The van der Waals surface area contributed by atoms with Gasteiger partial charge in [-0.25, -0.2) is 0 Å². The van der Waals surface area contributed by atoms with Gasteiger partial charge < -0.3 is 10.1 Å². The zero-order valence-corrected chi connectivity index (χ0v) is 14.6. The van der Waals surface area contributed by atoms with E-state index < -0.39 is 0 Å². The van der Waals surface area contributed by atoms with Gasteiger partial charge in [0, 0.05) is 0 Å². The molecule has 0 aliphatic rings. The number of carbonyl (C=O) groups is 1. The van der Waals surface area contributed by atoms with E-state index in [0.717, 1.165) is 22.4 Å². The molecule has 0 fully saturated rings. The molecular formula is C20H25NO2. The number of nitrogens with one attached hydrogen (secondary N) is 1. The van der Waals surface area contributed by atoms with Gasteiger partial charge in [-0.3, -0.25) is 4.79 Å². The second-order valence-corrected chi connectivity index (χ2v) is 6.19. The van der Waals surface area contributed by atoms with Crippen molar-refractivity contribution in [2.45, 2.75) is 40.7 Å². The highest BCUT2D eigenvalue weighted by Crippen LogP contribution is 2.23. The fourth-order valence-corrected chi connectivity index (χ4v) is 2.52. The Morgan fingerprint density at radius 3 is 2.35 bits per heavy atom. The van der Waals surface area contributed by atoms with E-state index in [0.29, 0.717) is 0 Å². The van der Waals surface area contributed by atoms with Crippen molar-refractivity contribution in [2.75, 3.05) is 6.61 Å².